The van der Waals surface area contributed by atoms with Crippen LogP contribution < -0.4 is 9.62 Å². The average Bonchev–Trinajstić information content (AvgIpc) is 3.00. The minimum Gasteiger partial charge on any atom is -0.478 e. The second-order valence-corrected chi connectivity index (χ2v) is 8.03. The Kier molecular flexibility index (Phi) is 5.64. The minimum atomic E-state index is -3.68. The lowest BCUT2D eigenvalue weighted by Crippen LogP contribution is -2.26. The molecule has 6 nitrogen and oxygen atoms in total. The molecule has 2 rings (SSSR count). The molecule has 0 radical (unpaired) electrons. The van der Waals surface area contributed by atoms with Gasteiger partial charge in [-0.3, -0.25) is 0 Å². The quantitative estimate of drug-likeness (QED) is 0.795. The van der Waals surface area contributed by atoms with E-state index in [0.29, 0.717) is 18.2 Å². The van der Waals surface area contributed by atoms with Gasteiger partial charge in [-0.1, -0.05) is 13.8 Å². The maximum Gasteiger partial charge on any atom is 0.337 e. The van der Waals surface area contributed by atoms with E-state index in [9.17, 15) is 18.3 Å². The van der Waals surface area contributed by atoms with Crippen LogP contribution in [0.4, 0.5) is 5.69 Å². The van der Waals surface area contributed by atoms with Crippen LogP contribution in [-0.4, -0.2) is 39.1 Å². The van der Waals surface area contributed by atoms with Gasteiger partial charge in [-0.05, 0) is 43.4 Å². The molecule has 1 saturated heterocycles. The summed E-state index contributed by atoms with van der Waals surface area (Å²) in [7, 11) is -3.68. The summed E-state index contributed by atoms with van der Waals surface area (Å²) >= 11 is 0. The van der Waals surface area contributed by atoms with Crippen LogP contribution in [0.15, 0.2) is 23.1 Å². The highest BCUT2D eigenvalue weighted by Gasteiger charge is 2.23. The topological polar surface area (TPSA) is 86.7 Å². The molecule has 1 heterocycles. The predicted molar refractivity (Wildman–Crippen MR) is 89.5 cm³/mol. The van der Waals surface area contributed by atoms with E-state index in [2.05, 4.69) is 4.72 Å². The fourth-order valence-electron chi connectivity index (χ4n) is 2.65. The van der Waals surface area contributed by atoms with Crippen LogP contribution in [0.25, 0.3) is 0 Å². The van der Waals surface area contributed by atoms with Gasteiger partial charge in [-0.15, -0.1) is 0 Å². The molecular formula is C16H24N2O4S. The molecule has 0 saturated carbocycles. The number of sulfonamides is 1. The highest BCUT2D eigenvalue weighted by molar-refractivity contribution is 7.89. The third-order valence-electron chi connectivity index (χ3n) is 3.97. The SMILES string of the molecule is CC(C)CCNS(=O)(=O)c1ccc(N2CCCC2)c(C(=O)O)c1. The maximum absolute atomic E-state index is 12.3. The van der Waals surface area contributed by atoms with E-state index in [1.165, 1.54) is 12.1 Å². The Morgan fingerprint density at radius 3 is 2.52 bits per heavy atom. The van der Waals surface area contributed by atoms with Gasteiger partial charge in [0.1, 0.15) is 0 Å². The van der Waals surface area contributed by atoms with Crippen molar-refractivity contribution in [3.05, 3.63) is 23.8 Å². The van der Waals surface area contributed by atoms with Crippen molar-refractivity contribution in [3.63, 3.8) is 0 Å². The first kappa shape index (κ1) is 17.7. The van der Waals surface area contributed by atoms with Gasteiger partial charge in [-0.2, -0.15) is 0 Å². The summed E-state index contributed by atoms with van der Waals surface area (Å²) in [5, 5.41) is 9.42. The molecule has 0 bridgehead atoms. The van der Waals surface area contributed by atoms with Crippen LogP contribution in [0.3, 0.4) is 0 Å². The van der Waals surface area contributed by atoms with Crippen LogP contribution in [0, 0.1) is 5.92 Å². The van der Waals surface area contributed by atoms with Gasteiger partial charge in [0.25, 0.3) is 0 Å². The minimum absolute atomic E-state index is 0.00148. The van der Waals surface area contributed by atoms with Crippen molar-refractivity contribution in [2.75, 3.05) is 24.5 Å². The maximum atomic E-state index is 12.3. The number of carboxylic acids is 1. The number of nitrogens with one attached hydrogen (secondary N) is 1. The van der Waals surface area contributed by atoms with Crippen molar-refractivity contribution in [2.24, 2.45) is 5.92 Å². The third kappa shape index (κ3) is 4.45. The van der Waals surface area contributed by atoms with Gasteiger partial charge in [0.2, 0.25) is 10.0 Å². The van der Waals surface area contributed by atoms with E-state index >= 15 is 0 Å². The lowest BCUT2D eigenvalue weighted by atomic mass is 10.1. The Balaban J connectivity index is 2.26. The summed E-state index contributed by atoms with van der Waals surface area (Å²) in [6, 6.07) is 4.34. The van der Waals surface area contributed by atoms with Crippen molar-refractivity contribution in [1.82, 2.24) is 4.72 Å². The van der Waals surface area contributed by atoms with Crippen LogP contribution in [-0.2, 0) is 10.0 Å². The summed E-state index contributed by atoms with van der Waals surface area (Å²) in [4.78, 5) is 13.5. The van der Waals surface area contributed by atoms with Crippen LogP contribution in [0.2, 0.25) is 0 Å². The highest BCUT2D eigenvalue weighted by atomic mass is 32.2. The van der Waals surface area contributed by atoms with Gasteiger partial charge in [-0.25, -0.2) is 17.9 Å². The smallest absolute Gasteiger partial charge is 0.337 e. The van der Waals surface area contributed by atoms with Gasteiger partial charge < -0.3 is 10.0 Å². The molecule has 1 aromatic carbocycles. The Labute approximate surface area is 137 Å². The van der Waals surface area contributed by atoms with Crippen molar-refractivity contribution >= 4 is 21.7 Å². The first-order chi connectivity index (χ1) is 10.8. The molecular weight excluding hydrogens is 316 g/mol. The molecule has 2 N–H and O–H groups in total. The molecule has 1 aliphatic heterocycles. The standard InChI is InChI=1S/C16H24N2O4S/c1-12(2)7-8-17-23(21,22)13-5-6-15(14(11-13)16(19)20)18-9-3-4-10-18/h5-6,11-12,17H,3-4,7-10H2,1-2H3,(H,19,20). The van der Waals surface area contributed by atoms with Gasteiger partial charge in [0.05, 0.1) is 16.1 Å². The van der Waals surface area contributed by atoms with Crippen LogP contribution in [0.5, 0.6) is 0 Å². The molecule has 128 valence electrons. The number of hydrogen-bond acceptors (Lipinski definition) is 4. The zero-order valence-electron chi connectivity index (χ0n) is 13.6. The monoisotopic (exact) mass is 340 g/mol. The van der Waals surface area contributed by atoms with E-state index < -0.39 is 16.0 Å². The number of benzene rings is 1. The molecule has 0 aliphatic carbocycles. The first-order valence-corrected chi connectivity index (χ1v) is 9.41. The summed E-state index contributed by atoms with van der Waals surface area (Å²) < 4.78 is 27.1. The Morgan fingerprint density at radius 2 is 1.96 bits per heavy atom. The van der Waals surface area contributed by atoms with Gasteiger partial charge in [0.15, 0.2) is 0 Å². The fraction of sp³-hybridized carbons (Fsp3) is 0.562. The van der Waals surface area contributed by atoms with Gasteiger partial charge in [0, 0.05) is 19.6 Å². The fourth-order valence-corrected chi connectivity index (χ4v) is 3.73. The lowest BCUT2D eigenvalue weighted by Gasteiger charge is -2.20. The first-order valence-electron chi connectivity index (χ1n) is 7.93. The number of carboxylic acid groups (broad SMARTS) is 1. The molecule has 7 heteroatoms. The third-order valence-corrected chi connectivity index (χ3v) is 5.43. The van der Waals surface area contributed by atoms with E-state index in [-0.39, 0.29) is 10.5 Å². The van der Waals surface area contributed by atoms with Crippen molar-refractivity contribution < 1.29 is 18.3 Å². The second kappa shape index (κ2) is 7.31. The van der Waals surface area contributed by atoms with E-state index in [4.69, 9.17) is 0 Å². The second-order valence-electron chi connectivity index (χ2n) is 6.26. The van der Waals surface area contributed by atoms with E-state index in [1.807, 2.05) is 18.7 Å². The van der Waals surface area contributed by atoms with Crippen LogP contribution >= 0.6 is 0 Å². The number of hydrogen-bond donors (Lipinski definition) is 2. The molecule has 1 aliphatic rings. The number of rotatable bonds is 7. The zero-order valence-corrected chi connectivity index (χ0v) is 14.4. The summed E-state index contributed by atoms with van der Waals surface area (Å²) in [5.41, 5.74) is 0.634. The zero-order chi connectivity index (χ0) is 17.0. The van der Waals surface area contributed by atoms with E-state index in [1.54, 1.807) is 6.07 Å². The molecule has 0 aromatic heterocycles. The number of carbonyl (C=O) groups is 1. The Hall–Kier alpha value is -1.60. The highest BCUT2D eigenvalue weighted by Crippen LogP contribution is 2.27. The molecule has 0 atom stereocenters. The lowest BCUT2D eigenvalue weighted by molar-refractivity contribution is 0.0697. The average molecular weight is 340 g/mol. The number of aromatic carboxylic acids is 1. The Morgan fingerprint density at radius 1 is 1.30 bits per heavy atom. The summed E-state index contributed by atoms with van der Waals surface area (Å²) in [5.74, 6) is -0.712. The number of anilines is 1. The van der Waals surface area contributed by atoms with E-state index in [0.717, 1.165) is 32.4 Å². The molecule has 0 unspecified atom stereocenters. The normalized spacial score (nSPS) is 15.3. The molecule has 1 fully saturated rings. The van der Waals surface area contributed by atoms with Crippen LogP contribution in [0.1, 0.15) is 43.5 Å². The molecule has 0 amide bonds. The molecule has 0 spiro atoms. The predicted octanol–water partition coefficient (Wildman–Crippen LogP) is 2.31. The van der Waals surface area contributed by atoms with Crippen molar-refractivity contribution in [3.8, 4) is 0 Å². The molecule has 1 aromatic rings. The Bertz CT molecular complexity index is 665. The summed E-state index contributed by atoms with van der Waals surface area (Å²) in [6.45, 7) is 5.98. The van der Waals surface area contributed by atoms with Crippen molar-refractivity contribution in [1.29, 1.82) is 0 Å². The largest absolute Gasteiger partial charge is 0.478 e. The molecule has 23 heavy (non-hydrogen) atoms. The van der Waals surface area contributed by atoms with Crippen molar-refractivity contribution in [2.45, 2.75) is 38.0 Å². The van der Waals surface area contributed by atoms with Gasteiger partial charge >= 0.3 is 5.97 Å². The summed E-state index contributed by atoms with van der Waals surface area (Å²) in [6.07, 6.45) is 2.78. The number of nitrogens with zero attached hydrogens (tertiary/aromatic N) is 1.